The van der Waals surface area contributed by atoms with Gasteiger partial charge in [-0.3, -0.25) is 4.98 Å². The van der Waals surface area contributed by atoms with Gasteiger partial charge in [-0.15, -0.1) is 11.6 Å². The third-order valence-electron chi connectivity index (χ3n) is 1.51. The molecule has 0 fully saturated rings. The van der Waals surface area contributed by atoms with Crippen LogP contribution in [0.25, 0.3) is 0 Å². The Balaban J connectivity index is 3.08. The van der Waals surface area contributed by atoms with Crippen molar-refractivity contribution in [3.8, 4) is 0 Å². The summed E-state index contributed by atoms with van der Waals surface area (Å²) >= 11 is 5.55. The Morgan fingerprint density at radius 1 is 1.58 bits per heavy atom. The molecule has 0 unspecified atom stereocenters. The van der Waals surface area contributed by atoms with Crippen LogP contribution < -0.4 is 4.90 Å². The van der Waals surface area contributed by atoms with Crippen LogP contribution in [0, 0.1) is 5.82 Å². The zero-order chi connectivity index (χ0) is 9.14. The maximum Gasteiger partial charge on any atom is 0.164 e. The van der Waals surface area contributed by atoms with Gasteiger partial charge in [-0.2, -0.15) is 0 Å². The maximum atomic E-state index is 13.0. The molecule has 66 valence electrons. The molecule has 0 bridgehead atoms. The fourth-order valence-electron chi connectivity index (χ4n) is 0.886. The summed E-state index contributed by atoms with van der Waals surface area (Å²) < 4.78 is 13.0. The van der Waals surface area contributed by atoms with Crippen LogP contribution in [0.2, 0.25) is 0 Å². The molecule has 1 rings (SSSR count). The van der Waals surface area contributed by atoms with Gasteiger partial charge in [-0.25, -0.2) is 4.39 Å². The summed E-state index contributed by atoms with van der Waals surface area (Å²) in [5, 5.41) is 0. The highest BCUT2D eigenvalue weighted by Crippen LogP contribution is 2.17. The molecule has 0 aliphatic heterocycles. The number of alkyl halides is 1. The summed E-state index contributed by atoms with van der Waals surface area (Å²) in [6.45, 7) is 0. The van der Waals surface area contributed by atoms with Crippen molar-refractivity contribution >= 4 is 17.3 Å². The Morgan fingerprint density at radius 3 is 2.75 bits per heavy atom. The van der Waals surface area contributed by atoms with E-state index in [0.29, 0.717) is 17.3 Å². The van der Waals surface area contributed by atoms with E-state index in [1.807, 2.05) is 0 Å². The summed E-state index contributed by atoms with van der Waals surface area (Å²) in [5.41, 5.74) is 1.20. The van der Waals surface area contributed by atoms with Crippen LogP contribution in [-0.4, -0.2) is 19.1 Å². The van der Waals surface area contributed by atoms with E-state index in [4.69, 9.17) is 11.6 Å². The van der Waals surface area contributed by atoms with Crippen LogP contribution in [0.1, 0.15) is 5.69 Å². The van der Waals surface area contributed by atoms with E-state index in [1.165, 1.54) is 6.20 Å². The molecule has 0 atom stereocenters. The predicted molar refractivity (Wildman–Crippen MR) is 48.1 cm³/mol. The van der Waals surface area contributed by atoms with Crippen molar-refractivity contribution in [3.05, 3.63) is 23.8 Å². The third kappa shape index (κ3) is 1.85. The predicted octanol–water partition coefficient (Wildman–Crippen LogP) is 2.03. The number of hydrogen-bond donors (Lipinski definition) is 0. The van der Waals surface area contributed by atoms with Crippen molar-refractivity contribution in [2.75, 3.05) is 19.0 Å². The zero-order valence-electron chi connectivity index (χ0n) is 7.01. The number of halogens is 2. The number of anilines is 1. The van der Waals surface area contributed by atoms with Gasteiger partial charge in [0.2, 0.25) is 0 Å². The van der Waals surface area contributed by atoms with Gasteiger partial charge in [0, 0.05) is 14.1 Å². The van der Waals surface area contributed by atoms with Gasteiger partial charge in [0.15, 0.2) is 5.82 Å². The van der Waals surface area contributed by atoms with Gasteiger partial charge < -0.3 is 4.90 Å². The maximum absolute atomic E-state index is 13.0. The molecule has 1 heterocycles. The number of aromatic nitrogens is 1. The highest BCUT2D eigenvalue weighted by atomic mass is 35.5. The van der Waals surface area contributed by atoms with Crippen LogP contribution in [0.4, 0.5) is 10.1 Å². The molecule has 1 aromatic heterocycles. The lowest BCUT2D eigenvalue weighted by atomic mass is 10.3. The molecular weight excluding hydrogens is 179 g/mol. The molecule has 0 aromatic carbocycles. The number of rotatable bonds is 2. The van der Waals surface area contributed by atoms with Crippen LogP contribution in [0.3, 0.4) is 0 Å². The number of nitrogens with zero attached hydrogens (tertiary/aromatic N) is 2. The minimum absolute atomic E-state index is 0.307. The Morgan fingerprint density at radius 2 is 2.25 bits per heavy atom. The smallest absolute Gasteiger partial charge is 0.164 e. The molecule has 0 aliphatic rings. The van der Waals surface area contributed by atoms with Crippen molar-refractivity contribution in [2.24, 2.45) is 0 Å². The minimum atomic E-state index is -0.325. The van der Waals surface area contributed by atoms with Crippen LogP contribution >= 0.6 is 11.6 Å². The minimum Gasteiger partial charge on any atom is -0.375 e. The fourth-order valence-corrected chi connectivity index (χ4v) is 1.03. The number of pyridine rings is 1. The number of hydrogen-bond acceptors (Lipinski definition) is 2. The second-order valence-corrected chi connectivity index (χ2v) is 2.92. The molecule has 0 radical (unpaired) electrons. The second-order valence-electron chi connectivity index (χ2n) is 2.66. The molecule has 2 nitrogen and oxygen atoms in total. The van der Waals surface area contributed by atoms with Crippen molar-refractivity contribution in [2.45, 2.75) is 5.88 Å². The lowest BCUT2D eigenvalue weighted by Crippen LogP contribution is -2.11. The summed E-state index contributed by atoms with van der Waals surface area (Å²) in [6, 6.07) is 1.64. The molecular formula is C8H10ClFN2. The summed E-state index contributed by atoms with van der Waals surface area (Å²) in [6.07, 6.45) is 1.19. The van der Waals surface area contributed by atoms with Crippen LogP contribution in [-0.2, 0) is 5.88 Å². The van der Waals surface area contributed by atoms with E-state index in [9.17, 15) is 4.39 Å². The summed E-state index contributed by atoms with van der Waals surface area (Å²) in [4.78, 5) is 5.49. The monoisotopic (exact) mass is 188 g/mol. The van der Waals surface area contributed by atoms with Crippen molar-refractivity contribution in [1.29, 1.82) is 0 Å². The SMILES string of the molecule is CN(C)c1cc(CCl)ncc1F. The van der Waals surface area contributed by atoms with Gasteiger partial charge in [0.1, 0.15) is 0 Å². The molecule has 0 N–H and O–H groups in total. The van der Waals surface area contributed by atoms with E-state index < -0.39 is 0 Å². The topological polar surface area (TPSA) is 16.1 Å². The van der Waals surface area contributed by atoms with E-state index in [2.05, 4.69) is 4.98 Å². The first-order chi connectivity index (χ1) is 5.65. The zero-order valence-corrected chi connectivity index (χ0v) is 7.77. The first-order valence-corrected chi connectivity index (χ1v) is 4.06. The highest BCUT2D eigenvalue weighted by molar-refractivity contribution is 6.16. The van der Waals surface area contributed by atoms with E-state index >= 15 is 0 Å². The van der Waals surface area contributed by atoms with Crippen molar-refractivity contribution in [3.63, 3.8) is 0 Å². The largest absolute Gasteiger partial charge is 0.375 e. The molecule has 0 aliphatic carbocycles. The Labute approximate surface area is 76.0 Å². The molecule has 12 heavy (non-hydrogen) atoms. The molecule has 1 aromatic rings. The van der Waals surface area contributed by atoms with Gasteiger partial charge >= 0.3 is 0 Å². The average Bonchev–Trinajstić information content (AvgIpc) is 2.05. The first-order valence-electron chi connectivity index (χ1n) is 3.53. The third-order valence-corrected chi connectivity index (χ3v) is 1.78. The average molecular weight is 189 g/mol. The Hall–Kier alpha value is -0.830. The van der Waals surface area contributed by atoms with Crippen molar-refractivity contribution < 1.29 is 4.39 Å². The normalized spacial score (nSPS) is 10.0. The first kappa shape index (κ1) is 9.26. The lowest BCUT2D eigenvalue weighted by molar-refractivity contribution is 0.618. The molecule has 0 amide bonds. The van der Waals surface area contributed by atoms with E-state index in [-0.39, 0.29) is 5.82 Å². The summed E-state index contributed by atoms with van der Waals surface area (Å²) in [5.74, 6) is -0.0185. The Bertz CT molecular complexity index is 276. The van der Waals surface area contributed by atoms with Gasteiger partial charge in [0.05, 0.1) is 23.5 Å². The Kier molecular flexibility index (Phi) is 2.87. The summed E-state index contributed by atoms with van der Waals surface area (Å²) in [7, 11) is 3.55. The van der Waals surface area contributed by atoms with E-state index in [1.54, 1.807) is 25.1 Å². The van der Waals surface area contributed by atoms with Crippen LogP contribution in [0.15, 0.2) is 12.3 Å². The molecule has 0 spiro atoms. The van der Waals surface area contributed by atoms with Gasteiger partial charge in [0.25, 0.3) is 0 Å². The quantitative estimate of drug-likeness (QED) is 0.661. The standard InChI is InChI=1S/C8H10ClFN2/c1-12(2)8-3-6(4-9)11-5-7(8)10/h3,5H,4H2,1-2H3. The van der Waals surface area contributed by atoms with Crippen molar-refractivity contribution in [1.82, 2.24) is 4.98 Å². The fraction of sp³-hybridized carbons (Fsp3) is 0.375. The second kappa shape index (κ2) is 3.72. The molecule has 4 heteroatoms. The molecule has 0 saturated heterocycles. The van der Waals surface area contributed by atoms with E-state index in [0.717, 1.165) is 0 Å². The van der Waals surface area contributed by atoms with Gasteiger partial charge in [-0.05, 0) is 6.07 Å². The molecule has 0 saturated carbocycles. The lowest BCUT2D eigenvalue weighted by Gasteiger charge is -2.13. The van der Waals surface area contributed by atoms with Crippen LogP contribution in [0.5, 0.6) is 0 Å². The highest BCUT2D eigenvalue weighted by Gasteiger charge is 2.05. The van der Waals surface area contributed by atoms with Gasteiger partial charge in [-0.1, -0.05) is 0 Å².